The van der Waals surface area contributed by atoms with Crippen LogP contribution in [0.15, 0.2) is 33.3 Å². The van der Waals surface area contributed by atoms with Crippen LogP contribution in [-0.4, -0.2) is 23.2 Å². The Morgan fingerprint density at radius 1 is 1.38 bits per heavy atom. The first-order valence-electron chi connectivity index (χ1n) is 7.56. The fraction of sp³-hybridized carbons (Fsp3) is 0.500. The maximum absolute atomic E-state index is 5.36. The van der Waals surface area contributed by atoms with Gasteiger partial charge in [0.15, 0.2) is 5.82 Å². The third-order valence-corrected chi connectivity index (χ3v) is 4.42. The fourth-order valence-electron chi connectivity index (χ4n) is 2.79. The van der Waals surface area contributed by atoms with E-state index in [9.17, 15) is 0 Å². The Kier molecular flexibility index (Phi) is 5.04. The maximum Gasteiger partial charge on any atom is 0.226 e. The van der Waals surface area contributed by atoms with Crippen LogP contribution in [0.2, 0.25) is 0 Å². The van der Waals surface area contributed by atoms with Crippen molar-refractivity contribution in [1.82, 2.24) is 15.5 Å². The highest BCUT2D eigenvalue weighted by Gasteiger charge is 2.15. The molecule has 1 aromatic heterocycles. The van der Waals surface area contributed by atoms with Crippen LogP contribution >= 0.6 is 15.9 Å². The smallest absolute Gasteiger partial charge is 0.226 e. The molecule has 0 spiro atoms. The summed E-state index contributed by atoms with van der Waals surface area (Å²) in [5.41, 5.74) is 1.19. The third-order valence-electron chi connectivity index (χ3n) is 3.93. The van der Waals surface area contributed by atoms with Crippen molar-refractivity contribution in [3.8, 4) is 0 Å². The summed E-state index contributed by atoms with van der Waals surface area (Å²) < 4.78 is 6.44. The van der Waals surface area contributed by atoms with E-state index in [0.717, 1.165) is 48.0 Å². The highest BCUT2D eigenvalue weighted by Crippen LogP contribution is 2.17. The summed E-state index contributed by atoms with van der Waals surface area (Å²) in [6, 6.07) is 8.21. The lowest BCUT2D eigenvalue weighted by Gasteiger charge is -2.21. The number of aromatic nitrogens is 2. The van der Waals surface area contributed by atoms with Gasteiger partial charge in [-0.15, -0.1) is 0 Å². The van der Waals surface area contributed by atoms with Crippen molar-refractivity contribution in [3.05, 3.63) is 46.0 Å². The summed E-state index contributed by atoms with van der Waals surface area (Å²) in [6.45, 7) is 2.28. The first-order chi connectivity index (χ1) is 10.3. The minimum atomic E-state index is 0.716. The molecule has 5 heteroatoms. The van der Waals surface area contributed by atoms with E-state index in [-0.39, 0.29) is 0 Å². The van der Waals surface area contributed by atoms with Gasteiger partial charge in [-0.3, -0.25) is 0 Å². The van der Waals surface area contributed by atoms with Crippen LogP contribution in [0.1, 0.15) is 36.5 Å². The lowest BCUT2D eigenvalue weighted by molar-refractivity contribution is 0.326. The van der Waals surface area contributed by atoms with Crippen molar-refractivity contribution in [3.63, 3.8) is 0 Å². The quantitative estimate of drug-likeness (QED) is 0.899. The van der Waals surface area contributed by atoms with Crippen molar-refractivity contribution >= 4 is 15.9 Å². The second-order valence-corrected chi connectivity index (χ2v) is 6.58. The number of halogens is 1. The highest BCUT2D eigenvalue weighted by atomic mass is 79.9. The largest absolute Gasteiger partial charge is 0.339 e. The van der Waals surface area contributed by atoms with Gasteiger partial charge in [0.1, 0.15) is 0 Å². The van der Waals surface area contributed by atoms with Crippen LogP contribution in [0.4, 0.5) is 0 Å². The Morgan fingerprint density at radius 3 is 3.14 bits per heavy atom. The molecule has 1 unspecified atom stereocenters. The molecule has 0 saturated carbocycles. The van der Waals surface area contributed by atoms with Gasteiger partial charge in [0, 0.05) is 17.3 Å². The predicted octanol–water partition coefficient (Wildman–Crippen LogP) is 3.36. The molecule has 1 N–H and O–H groups in total. The third kappa shape index (κ3) is 4.38. The van der Waals surface area contributed by atoms with Crippen molar-refractivity contribution in [2.45, 2.75) is 32.1 Å². The summed E-state index contributed by atoms with van der Waals surface area (Å²) in [6.07, 6.45) is 5.33. The summed E-state index contributed by atoms with van der Waals surface area (Å²) in [5, 5.41) is 7.53. The SMILES string of the molecule is Brc1cccc(Cc2noc(CCC3CCCNC3)n2)c1. The number of benzene rings is 1. The fourth-order valence-corrected chi connectivity index (χ4v) is 3.24. The van der Waals surface area contributed by atoms with Gasteiger partial charge in [0.25, 0.3) is 0 Å². The van der Waals surface area contributed by atoms with Crippen LogP contribution in [0, 0.1) is 5.92 Å². The molecule has 0 radical (unpaired) electrons. The molecule has 1 fully saturated rings. The Balaban J connectivity index is 1.53. The van der Waals surface area contributed by atoms with Gasteiger partial charge >= 0.3 is 0 Å². The minimum Gasteiger partial charge on any atom is -0.339 e. The Hall–Kier alpha value is -1.20. The average molecular weight is 350 g/mol. The summed E-state index contributed by atoms with van der Waals surface area (Å²) in [7, 11) is 0. The molecule has 4 nitrogen and oxygen atoms in total. The number of hydrogen-bond acceptors (Lipinski definition) is 4. The maximum atomic E-state index is 5.36. The highest BCUT2D eigenvalue weighted by molar-refractivity contribution is 9.10. The molecule has 112 valence electrons. The molecule has 1 aromatic carbocycles. The number of rotatable bonds is 5. The van der Waals surface area contributed by atoms with E-state index in [0.29, 0.717) is 6.42 Å². The standard InChI is InChI=1S/C16H20BrN3O/c17-14-5-1-3-13(9-14)10-15-19-16(21-20-15)7-6-12-4-2-8-18-11-12/h1,3,5,9,12,18H,2,4,6-8,10-11H2. The van der Waals surface area contributed by atoms with E-state index in [1.807, 2.05) is 12.1 Å². The van der Waals surface area contributed by atoms with Crippen LogP contribution in [0.25, 0.3) is 0 Å². The minimum absolute atomic E-state index is 0.716. The van der Waals surface area contributed by atoms with E-state index < -0.39 is 0 Å². The molecule has 1 saturated heterocycles. The summed E-state index contributed by atoms with van der Waals surface area (Å²) in [5.74, 6) is 2.29. The van der Waals surface area contributed by atoms with Crippen LogP contribution in [-0.2, 0) is 12.8 Å². The molecule has 21 heavy (non-hydrogen) atoms. The van der Waals surface area contributed by atoms with Gasteiger partial charge in [-0.1, -0.05) is 33.2 Å². The van der Waals surface area contributed by atoms with Crippen LogP contribution in [0.5, 0.6) is 0 Å². The molecule has 0 amide bonds. The number of piperidine rings is 1. The van der Waals surface area contributed by atoms with Gasteiger partial charge in [-0.2, -0.15) is 4.98 Å². The number of nitrogens with one attached hydrogen (secondary N) is 1. The molecule has 2 heterocycles. The zero-order valence-corrected chi connectivity index (χ0v) is 13.6. The van der Waals surface area contributed by atoms with Gasteiger partial charge < -0.3 is 9.84 Å². The topological polar surface area (TPSA) is 51.0 Å². The van der Waals surface area contributed by atoms with E-state index in [1.165, 1.54) is 18.4 Å². The summed E-state index contributed by atoms with van der Waals surface area (Å²) >= 11 is 3.48. The van der Waals surface area contributed by atoms with Gasteiger partial charge in [-0.05, 0) is 56.0 Å². The van der Waals surface area contributed by atoms with E-state index >= 15 is 0 Å². The Bertz CT molecular complexity index is 578. The monoisotopic (exact) mass is 349 g/mol. The van der Waals surface area contributed by atoms with Crippen LogP contribution in [0.3, 0.4) is 0 Å². The Morgan fingerprint density at radius 2 is 2.33 bits per heavy atom. The average Bonchev–Trinajstić information content (AvgIpc) is 2.94. The first kappa shape index (κ1) is 14.7. The lowest BCUT2D eigenvalue weighted by Crippen LogP contribution is -2.29. The van der Waals surface area contributed by atoms with Gasteiger partial charge in [0.2, 0.25) is 5.89 Å². The molecular formula is C16H20BrN3O. The Labute approximate surface area is 133 Å². The zero-order chi connectivity index (χ0) is 14.5. The normalized spacial score (nSPS) is 18.8. The van der Waals surface area contributed by atoms with E-state index in [1.54, 1.807) is 0 Å². The second kappa shape index (κ2) is 7.18. The molecule has 3 rings (SSSR count). The second-order valence-electron chi connectivity index (χ2n) is 5.66. The zero-order valence-electron chi connectivity index (χ0n) is 12.0. The lowest BCUT2D eigenvalue weighted by atomic mass is 9.95. The van der Waals surface area contributed by atoms with Crippen molar-refractivity contribution < 1.29 is 4.52 Å². The van der Waals surface area contributed by atoms with Crippen molar-refractivity contribution in [2.24, 2.45) is 5.92 Å². The first-order valence-corrected chi connectivity index (χ1v) is 8.35. The van der Waals surface area contributed by atoms with Gasteiger partial charge in [-0.25, -0.2) is 0 Å². The number of nitrogens with zero attached hydrogens (tertiary/aromatic N) is 2. The molecule has 0 aliphatic carbocycles. The predicted molar refractivity (Wildman–Crippen MR) is 85.2 cm³/mol. The molecule has 1 aliphatic rings. The van der Waals surface area contributed by atoms with E-state index in [2.05, 4.69) is 43.5 Å². The number of aryl methyl sites for hydroxylation is 1. The molecule has 0 bridgehead atoms. The van der Waals surface area contributed by atoms with Crippen molar-refractivity contribution in [2.75, 3.05) is 13.1 Å². The van der Waals surface area contributed by atoms with Crippen LogP contribution < -0.4 is 5.32 Å². The van der Waals surface area contributed by atoms with E-state index in [4.69, 9.17) is 4.52 Å². The van der Waals surface area contributed by atoms with Crippen molar-refractivity contribution in [1.29, 1.82) is 0 Å². The number of hydrogen-bond donors (Lipinski definition) is 1. The molecule has 1 atom stereocenters. The molecule has 1 aliphatic heterocycles. The van der Waals surface area contributed by atoms with Gasteiger partial charge in [0.05, 0.1) is 0 Å². The molecular weight excluding hydrogens is 330 g/mol. The molecule has 2 aromatic rings. The summed E-state index contributed by atoms with van der Waals surface area (Å²) in [4.78, 5) is 4.51.